The number of piperidine rings is 1. The van der Waals surface area contributed by atoms with E-state index in [2.05, 4.69) is 6.07 Å². The van der Waals surface area contributed by atoms with Crippen molar-refractivity contribution >= 4 is 40.7 Å². The van der Waals surface area contributed by atoms with Crippen LogP contribution in [0.5, 0.6) is 0 Å². The topological polar surface area (TPSA) is 117 Å². The number of aliphatic imine (C=N–C) groups is 1. The maximum atomic E-state index is 15.9. The molecule has 8 nitrogen and oxygen atoms in total. The van der Waals surface area contributed by atoms with Crippen molar-refractivity contribution in [1.29, 1.82) is 5.26 Å². The van der Waals surface area contributed by atoms with Gasteiger partial charge in [-0.3, -0.25) is 14.6 Å². The standard InChI is InChI=1S/C34H40Cl2F2N4O4/c1-33(2,3)19-27-34(20-39,24-8-7-22(35)18-26(24)37)29(23-5-4-6-25(36)30(23)38)31(40-27)32(46)42-11-9-21(10-12-42)17-28(45)41(13-15-43)14-16-44/h4-8,18,21,27,29,43-44H,9-17,19H2,1-3H3/t27-,29-,34-/m0/s1. The summed E-state index contributed by atoms with van der Waals surface area (Å²) in [5.41, 5.74) is -2.30. The minimum atomic E-state index is -1.80. The Morgan fingerprint density at radius 3 is 2.33 bits per heavy atom. The van der Waals surface area contributed by atoms with Gasteiger partial charge < -0.3 is 20.0 Å². The van der Waals surface area contributed by atoms with E-state index in [0.29, 0.717) is 32.4 Å². The SMILES string of the molecule is CC(C)(C)C[C@@H]1N=C(C(=O)N2CCC(CC(=O)N(CCO)CCO)CC2)[C@H](c2cccc(Cl)c2F)[C@@]1(C#N)c1ccc(Cl)cc1F. The minimum absolute atomic E-state index is 0.0275. The third-order valence-electron chi connectivity index (χ3n) is 8.89. The van der Waals surface area contributed by atoms with Crippen molar-refractivity contribution in [1.82, 2.24) is 9.80 Å². The lowest BCUT2D eigenvalue weighted by Crippen LogP contribution is -2.47. The predicted octanol–water partition coefficient (Wildman–Crippen LogP) is 5.52. The Morgan fingerprint density at radius 1 is 1.11 bits per heavy atom. The van der Waals surface area contributed by atoms with E-state index in [-0.39, 0.29) is 71.4 Å². The Labute approximate surface area is 278 Å². The number of nitrogens with zero attached hydrogens (tertiary/aromatic N) is 4. The first-order valence-corrected chi connectivity index (χ1v) is 16.2. The highest BCUT2D eigenvalue weighted by molar-refractivity contribution is 6.42. The summed E-state index contributed by atoms with van der Waals surface area (Å²) in [7, 11) is 0. The van der Waals surface area contributed by atoms with Crippen LogP contribution in [0.25, 0.3) is 0 Å². The molecule has 2 aliphatic rings. The van der Waals surface area contributed by atoms with E-state index in [4.69, 9.17) is 28.2 Å². The molecule has 0 saturated carbocycles. The summed E-state index contributed by atoms with van der Waals surface area (Å²) in [5.74, 6) is -3.55. The molecular weight excluding hydrogens is 637 g/mol. The van der Waals surface area contributed by atoms with Crippen molar-refractivity contribution in [2.24, 2.45) is 16.3 Å². The van der Waals surface area contributed by atoms with Crippen molar-refractivity contribution in [3.63, 3.8) is 0 Å². The highest BCUT2D eigenvalue weighted by Gasteiger charge is 2.59. The van der Waals surface area contributed by atoms with Gasteiger partial charge in [0.1, 0.15) is 22.8 Å². The normalized spacial score (nSPS) is 22.0. The van der Waals surface area contributed by atoms with Gasteiger partial charge >= 0.3 is 0 Å². The molecule has 4 rings (SSSR count). The number of hydrogen-bond acceptors (Lipinski definition) is 6. The fourth-order valence-corrected chi connectivity index (χ4v) is 7.03. The van der Waals surface area contributed by atoms with Crippen LogP contribution in [0.15, 0.2) is 41.4 Å². The Hall–Kier alpha value is -3.10. The average Bonchev–Trinajstić information content (AvgIpc) is 3.31. The van der Waals surface area contributed by atoms with Gasteiger partial charge in [0.15, 0.2) is 0 Å². The molecule has 0 aliphatic carbocycles. The molecule has 0 aromatic heterocycles. The van der Waals surface area contributed by atoms with Gasteiger partial charge in [-0.05, 0) is 48.8 Å². The molecular formula is C34H40Cl2F2N4O4. The van der Waals surface area contributed by atoms with Gasteiger partial charge in [-0.25, -0.2) is 8.78 Å². The summed E-state index contributed by atoms with van der Waals surface area (Å²) in [6.07, 6.45) is 1.52. The summed E-state index contributed by atoms with van der Waals surface area (Å²) >= 11 is 12.3. The molecule has 2 heterocycles. The van der Waals surface area contributed by atoms with Crippen LogP contribution in [0, 0.1) is 34.3 Å². The fourth-order valence-electron chi connectivity index (χ4n) is 6.69. The van der Waals surface area contributed by atoms with Gasteiger partial charge in [0.25, 0.3) is 5.91 Å². The summed E-state index contributed by atoms with van der Waals surface area (Å²) in [6, 6.07) is 9.73. The van der Waals surface area contributed by atoms with Crippen LogP contribution in [0.2, 0.25) is 10.0 Å². The monoisotopic (exact) mass is 676 g/mol. The van der Waals surface area contributed by atoms with Crippen molar-refractivity contribution in [3.8, 4) is 6.07 Å². The number of rotatable bonds is 10. The molecule has 12 heteroatoms. The van der Waals surface area contributed by atoms with E-state index in [1.54, 1.807) is 4.90 Å². The second-order valence-corrected chi connectivity index (χ2v) is 14.1. The third kappa shape index (κ3) is 7.38. The second kappa shape index (κ2) is 14.8. The van der Waals surface area contributed by atoms with Crippen molar-refractivity contribution in [2.45, 2.75) is 63.8 Å². The van der Waals surface area contributed by atoms with Gasteiger partial charge in [0.2, 0.25) is 5.91 Å². The number of benzene rings is 2. The quantitative estimate of drug-likeness (QED) is 0.344. The van der Waals surface area contributed by atoms with Crippen LogP contribution >= 0.6 is 23.2 Å². The molecule has 46 heavy (non-hydrogen) atoms. The molecule has 0 unspecified atom stereocenters. The van der Waals surface area contributed by atoms with E-state index in [1.807, 2.05) is 20.8 Å². The van der Waals surface area contributed by atoms with Crippen molar-refractivity contribution < 1.29 is 28.6 Å². The Kier molecular flexibility index (Phi) is 11.5. The smallest absolute Gasteiger partial charge is 0.268 e. The number of nitriles is 1. The first-order valence-electron chi connectivity index (χ1n) is 15.4. The van der Waals surface area contributed by atoms with Gasteiger partial charge in [-0.15, -0.1) is 0 Å². The van der Waals surface area contributed by atoms with Crippen LogP contribution in [0.1, 0.15) is 63.5 Å². The number of carbonyl (C=O) groups is 2. The lowest BCUT2D eigenvalue weighted by Gasteiger charge is -2.38. The molecule has 1 saturated heterocycles. The molecule has 2 amide bonds. The molecule has 3 atom stereocenters. The summed E-state index contributed by atoms with van der Waals surface area (Å²) in [4.78, 5) is 35.0. The molecule has 2 aromatic rings. The van der Waals surface area contributed by atoms with Crippen molar-refractivity contribution in [2.75, 3.05) is 39.4 Å². The number of aliphatic hydroxyl groups excluding tert-OH is 2. The first-order chi connectivity index (χ1) is 21.8. The lowest BCUT2D eigenvalue weighted by molar-refractivity contribution is -0.133. The molecule has 2 aromatic carbocycles. The number of amides is 2. The molecule has 0 spiro atoms. The first kappa shape index (κ1) is 35.7. The third-order valence-corrected chi connectivity index (χ3v) is 9.41. The van der Waals surface area contributed by atoms with E-state index in [1.165, 1.54) is 35.2 Å². The van der Waals surface area contributed by atoms with Crippen LogP contribution in [0.4, 0.5) is 8.78 Å². The van der Waals surface area contributed by atoms with Gasteiger partial charge in [-0.2, -0.15) is 5.26 Å². The Bertz CT molecular complexity index is 1510. The predicted molar refractivity (Wildman–Crippen MR) is 173 cm³/mol. The Balaban J connectivity index is 1.73. The molecule has 1 fully saturated rings. The highest BCUT2D eigenvalue weighted by atomic mass is 35.5. The summed E-state index contributed by atoms with van der Waals surface area (Å²) in [5, 5.41) is 29.5. The van der Waals surface area contributed by atoms with E-state index >= 15 is 8.78 Å². The zero-order valence-electron chi connectivity index (χ0n) is 26.3. The number of likely N-dealkylation sites (tertiary alicyclic amines) is 1. The number of halogens is 4. The second-order valence-electron chi connectivity index (χ2n) is 13.2. The van der Waals surface area contributed by atoms with Gasteiger partial charge in [0.05, 0.1) is 36.3 Å². The minimum Gasteiger partial charge on any atom is -0.395 e. The van der Waals surface area contributed by atoms with E-state index in [9.17, 15) is 25.1 Å². The molecule has 0 radical (unpaired) electrons. The molecule has 248 valence electrons. The number of hydrogen-bond donors (Lipinski definition) is 2. The highest BCUT2D eigenvalue weighted by Crippen LogP contribution is 2.53. The summed E-state index contributed by atoms with van der Waals surface area (Å²) in [6.45, 7) is 6.26. The average molecular weight is 678 g/mol. The molecule has 2 N–H and O–H groups in total. The largest absolute Gasteiger partial charge is 0.395 e. The maximum Gasteiger partial charge on any atom is 0.268 e. The van der Waals surface area contributed by atoms with Crippen LogP contribution in [-0.2, 0) is 15.0 Å². The molecule has 0 bridgehead atoms. The maximum absolute atomic E-state index is 15.9. The zero-order chi connectivity index (χ0) is 33.8. The summed E-state index contributed by atoms with van der Waals surface area (Å²) < 4.78 is 31.7. The van der Waals surface area contributed by atoms with Crippen LogP contribution < -0.4 is 0 Å². The fraction of sp³-hybridized carbons (Fsp3) is 0.529. The zero-order valence-corrected chi connectivity index (χ0v) is 27.8. The number of aliphatic hydroxyl groups is 2. The number of carbonyl (C=O) groups excluding carboxylic acids is 2. The Morgan fingerprint density at radius 2 is 1.76 bits per heavy atom. The van der Waals surface area contributed by atoms with Gasteiger partial charge in [-0.1, -0.05) is 62.2 Å². The molecule has 2 aliphatic heterocycles. The van der Waals surface area contributed by atoms with E-state index in [0.717, 1.165) is 6.07 Å². The van der Waals surface area contributed by atoms with Crippen molar-refractivity contribution in [3.05, 3.63) is 69.2 Å². The van der Waals surface area contributed by atoms with Crippen LogP contribution in [-0.4, -0.2) is 83.0 Å². The van der Waals surface area contributed by atoms with E-state index < -0.39 is 40.3 Å². The lowest BCUT2D eigenvalue weighted by atomic mass is 9.62. The van der Waals surface area contributed by atoms with Gasteiger partial charge in [0, 0.05) is 48.7 Å². The van der Waals surface area contributed by atoms with Crippen LogP contribution in [0.3, 0.4) is 0 Å².